The number of hydrogen-bond acceptors (Lipinski definition) is 35. The van der Waals surface area contributed by atoms with E-state index in [0.717, 1.165) is 169 Å². The maximum Gasteiger partial charge on any atom is 0.307 e. The van der Waals surface area contributed by atoms with E-state index in [4.69, 9.17) is 82.7 Å². The topological polar surface area (TPSA) is 453 Å². The number of hydrogen-bond donors (Lipinski definition) is 7. The van der Waals surface area contributed by atoms with Crippen LogP contribution in [-0.4, -0.2) is 280 Å². The van der Waals surface area contributed by atoms with E-state index in [1.165, 1.54) is 51.8 Å². The number of nitrogens with two attached hydrogens (primary N) is 1. The Morgan fingerprint density at radius 1 is 0.393 bits per heavy atom. The van der Waals surface area contributed by atoms with E-state index in [1.807, 2.05) is 156 Å². The monoisotopic (exact) mass is 2140 g/mol. The molecule has 0 saturated carbocycles. The number of allylic oxidation sites excluding steroid dienone is 1. The van der Waals surface area contributed by atoms with Gasteiger partial charge in [0.2, 0.25) is 40.8 Å². The number of nitrogens with one attached hydrogen (secondary N) is 6. The second-order valence-electron chi connectivity index (χ2n) is 35.2. The molecule has 4 aliphatic heterocycles. The summed E-state index contributed by atoms with van der Waals surface area (Å²) in [4.78, 5) is 113. The number of piperazine rings is 4. The number of pyridine rings is 4. The Bertz CT molecular complexity index is 7660. The summed E-state index contributed by atoms with van der Waals surface area (Å²) in [6.07, 6.45) is 22.9. The molecule has 4 aliphatic rings. The Balaban J connectivity index is 0.000000144. The average molecular weight is 2140 g/mol. The summed E-state index contributed by atoms with van der Waals surface area (Å²) in [6.45, 7) is 21.7. The van der Waals surface area contributed by atoms with Crippen LogP contribution in [0.4, 0.5) is 90.7 Å². The third kappa shape index (κ3) is 26.3. The highest BCUT2D eigenvalue weighted by Gasteiger charge is 2.30. The molecule has 0 aliphatic carbocycles. The highest BCUT2D eigenvalue weighted by Crippen LogP contribution is 2.45. The van der Waals surface area contributed by atoms with Gasteiger partial charge in [0.25, 0.3) is 5.69 Å². The summed E-state index contributed by atoms with van der Waals surface area (Å²) >= 11 is 30.4. The molecule has 8 N–H and O–H groups in total. The molecule has 4 aromatic carbocycles. The smallest absolute Gasteiger partial charge is 0.307 e. The minimum Gasteiger partial charge on any atom is -0.494 e. The zero-order valence-corrected chi connectivity index (χ0v) is 87.9. The van der Waals surface area contributed by atoms with Crippen molar-refractivity contribution in [1.29, 1.82) is 0 Å². The van der Waals surface area contributed by atoms with Gasteiger partial charge in [0.1, 0.15) is 51.3 Å². The first kappa shape index (κ1) is 108. The molecule has 1 amide bonds. The van der Waals surface area contributed by atoms with Gasteiger partial charge in [0.15, 0.2) is 0 Å². The van der Waals surface area contributed by atoms with Crippen LogP contribution in [-0.2, 0) is 37.8 Å². The molecule has 12 aromatic heterocycles. The fourth-order valence-electron chi connectivity index (χ4n) is 16.7. The third-order valence-corrected chi connectivity index (χ3v) is 26.2. The van der Waals surface area contributed by atoms with Crippen LogP contribution in [0.2, 0.25) is 20.1 Å². The minimum absolute atomic E-state index is 0.0178. The van der Waals surface area contributed by atoms with Crippen LogP contribution in [0, 0.1) is 26.0 Å². The summed E-state index contributed by atoms with van der Waals surface area (Å²) in [5.41, 5.74) is 19.6. The Morgan fingerprint density at radius 2 is 0.687 bits per heavy atom. The lowest BCUT2D eigenvalue weighted by Gasteiger charge is -2.35. The van der Waals surface area contributed by atoms with Gasteiger partial charge in [-0.2, -0.15) is 4.39 Å². The van der Waals surface area contributed by atoms with E-state index in [2.05, 4.69) is 155 Å². The Morgan fingerprint density at radius 3 is 1.00 bits per heavy atom. The summed E-state index contributed by atoms with van der Waals surface area (Å²) in [7, 11) is 22.2. The van der Waals surface area contributed by atoms with Gasteiger partial charge in [-0.15, -0.1) is 0 Å². The van der Waals surface area contributed by atoms with Crippen LogP contribution in [0.15, 0.2) is 197 Å². The van der Waals surface area contributed by atoms with Crippen molar-refractivity contribution in [3.8, 4) is 68.0 Å². The lowest BCUT2D eigenvalue weighted by molar-refractivity contribution is -0.387. The van der Waals surface area contributed by atoms with Gasteiger partial charge >= 0.3 is 5.69 Å². The first-order valence-electron chi connectivity index (χ1n) is 47.0. The normalized spacial score (nSPS) is 13.8. The van der Waals surface area contributed by atoms with Crippen molar-refractivity contribution in [3.63, 3.8) is 0 Å². The molecule has 0 spiro atoms. The standard InChI is InChI=1S/C27H29ClN8O2.C24H25ClN8O3.C24H27ClN8O.C19H14ClFN6O3.C5H12N2.C3H3ClO/c1-5-24(37)31-20-13-21(23(38-4)14-22(20)36-10-8-34(2)9-11-36)32-27-30-16-19(28)25(33-27)18-12-17-6-7-35(3)26(17)29-15-18;1-30-6-8-32(9-7-30)19-12-21(36-3)18(11-20(19)33(34)35)28-24-27-14-17(25)22(29-24)16-10-15-4-5-31(2)23(15)26-13-16;1-31-6-8-33(9-7-31)20-12-21(34-3)19(11-18(20)26)29-24-28-14-17(25)22(30-24)16-10-15-4-5-32(2)23(15)27-13-16;1-26-4-3-10-5-11(8-22-18(10)26)17-12(20)9-23-19(25-17)24-14-7-15(27(28)29)13(21)6-16(14)30-2;1-7-4-2-6-3-5-7;1-2-3(4)5/h5-7,12-16H,1,8-11H2,2-4H3,(H,31,37)(H,30,32,33);4-5,10-14H,6-9H2,1-3H3,(H,27,28,29);4-5,10-14H,6-9,26H2,1-3H3,(H,28,29,30);3-9H,1-2H3,(H,23,24,25);6H,2-5H2,1H3;2H,1H2. The highest BCUT2D eigenvalue weighted by molar-refractivity contribution is 6.66. The second-order valence-corrected chi connectivity index (χ2v) is 37.2. The molecular weight excluding hydrogens is 2030 g/mol. The second kappa shape index (κ2) is 49.3. The quantitative estimate of drug-likeness (QED) is 0.00971. The number of amides is 1. The predicted molar refractivity (Wildman–Crippen MR) is 589 cm³/mol. The number of nitro groups is 2. The molecule has 0 radical (unpaired) electrons. The number of nitro benzene ring substituents is 2. The van der Waals surface area contributed by atoms with Gasteiger partial charge < -0.3 is 109 Å². The SMILES string of the molecule is C=CC(=O)Cl.C=CC(=O)Nc1cc(Nc2ncc(Cl)c(-c3cnc4c(ccn4C)c3)n2)c(OC)cc1N1CCN(C)CC1.CN1CCNCC1.COc1cc(F)c([N+](=O)[O-])cc1Nc1ncc(Cl)c(-c2cnc3c(ccn3C)c2)n1.COc1cc(N2CCN(C)CC2)c(N)cc1Nc1ncc(Cl)c(-c2cnc3c(ccn3C)c2)n1.COc1cc(N2CCN(C)CC2)c([N+](=O)[O-])cc1Nc1ncc(Cl)c(-c2cnc3c(ccn3C)c2)n1. The predicted octanol–water partition coefficient (Wildman–Crippen LogP) is 17.1. The van der Waals surface area contributed by atoms with Crippen molar-refractivity contribution >= 4 is 200 Å². The van der Waals surface area contributed by atoms with Crippen LogP contribution in [0.25, 0.3) is 89.2 Å². The maximum absolute atomic E-state index is 13.9. The van der Waals surface area contributed by atoms with Gasteiger partial charge in [0.05, 0.1) is 151 Å². The number of aromatic nitrogens is 16. The van der Waals surface area contributed by atoms with E-state index in [0.29, 0.717) is 125 Å². The molecule has 42 nitrogen and oxygen atoms in total. The number of halogens is 6. The van der Waals surface area contributed by atoms with Gasteiger partial charge in [-0.05, 0) is 113 Å². The summed E-state index contributed by atoms with van der Waals surface area (Å²) < 4.78 is 43.7. The molecule has 780 valence electrons. The van der Waals surface area contributed by atoms with Crippen LogP contribution >= 0.6 is 58.0 Å². The van der Waals surface area contributed by atoms with Crippen molar-refractivity contribution in [1.82, 2.24) is 103 Å². The zero-order valence-electron chi connectivity index (χ0n) is 84.2. The first-order chi connectivity index (χ1) is 72.1. The largest absolute Gasteiger partial charge is 0.494 e. The van der Waals surface area contributed by atoms with E-state index in [-0.39, 0.29) is 39.9 Å². The first-order valence-corrected chi connectivity index (χ1v) is 48.9. The lowest BCUT2D eigenvalue weighted by Crippen LogP contribution is -2.44. The summed E-state index contributed by atoms with van der Waals surface area (Å²) in [5.74, 6) is 1.48. The number of nitrogens with zero attached hydrogens (tertiary/aromatic N) is 25. The summed E-state index contributed by atoms with van der Waals surface area (Å²) in [6, 6.07) is 28.4. The lowest BCUT2D eigenvalue weighted by atomic mass is 10.1. The number of benzene rings is 4. The number of carbonyl (C=O) groups is 2. The van der Waals surface area contributed by atoms with Crippen molar-refractivity contribution < 1.29 is 42.8 Å². The zero-order chi connectivity index (χ0) is 107. The molecule has 4 fully saturated rings. The maximum atomic E-state index is 13.9. The highest BCUT2D eigenvalue weighted by atomic mass is 35.5. The minimum atomic E-state index is -1.01. The Hall–Kier alpha value is -15.8. The van der Waals surface area contributed by atoms with Gasteiger partial charge in [0, 0.05) is 263 Å². The van der Waals surface area contributed by atoms with Crippen LogP contribution in [0.1, 0.15) is 0 Å². The molecule has 0 bridgehead atoms. The van der Waals surface area contributed by atoms with E-state index < -0.39 is 21.7 Å². The molecule has 150 heavy (non-hydrogen) atoms. The number of fused-ring (bicyclic) bond motifs is 4. The van der Waals surface area contributed by atoms with Gasteiger partial charge in [-0.1, -0.05) is 59.6 Å². The summed E-state index contributed by atoms with van der Waals surface area (Å²) in [5, 5.41) is 46.5. The molecule has 16 heterocycles. The number of methoxy groups -OCH3 is 4. The number of carbonyl (C=O) groups excluding carboxylic acids is 2. The van der Waals surface area contributed by atoms with Crippen LogP contribution < -0.4 is 71.3 Å². The van der Waals surface area contributed by atoms with E-state index >= 15 is 0 Å². The third-order valence-electron chi connectivity index (χ3n) is 25.0. The molecule has 0 atom stereocenters. The number of nitrogen functional groups attached to an aromatic ring is 1. The number of aryl methyl sites for hydroxylation is 4. The Kier molecular flexibility index (Phi) is 35.6. The van der Waals surface area contributed by atoms with E-state index in [9.17, 15) is 34.2 Å². The van der Waals surface area contributed by atoms with Crippen molar-refractivity contribution in [2.24, 2.45) is 28.2 Å². The number of likely N-dealkylation sites (N-methyl/N-ethyl adjacent to an activating group) is 4. The molecule has 4 saturated heterocycles. The molecule has 20 rings (SSSR count). The Labute approximate surface area is 887 Å². The van der Waals surface area contributed by atoms with Crippen molar-refractivity contribution in [2.75, 3.05) is 208 Å². The number of anilines is 13. The van der Waals surface area contributed by atoms with Crippen molar-refractivity contribution in [2.45, 2.75) is 0 Å². The number of ether oxygens (including phenoxy) is 4. The van der Waals surface area contributed by atoms with Crippen molar-refractivity contribution in [3.05, 3.63) is 243 Å². The average Bonchev–Trinajstić information content (AvgIpc) is 1.37. The van der Waals surface area contributed by atoms with Crippen LogP contribution in [0.3, 0.4) is 0 Å². The fourth-order valence-corrected chi connectivity index (χ4v) is 17.5. The fraction of sp³-hybridized carbons (Fsp3) is 0.275. The molecule has 16 aromatic rings. The molecule has 48 heteroatoms. The molecule has 0 unspecified atom stereocenters. The molecular formula is C102H110Cl5FN32O10. The number of rotatable bonds is 24. The van der Waals surface area contributed by atoms with Gasteiger partial charge in [-0.3, -0.25) is 29.8 Å². The van der Waals surface area contributed by atoms with Crippen LogP contribution in [0.5, 0.6) is 23.0 Å². The van der Waals surface area contributed by atoms with Gasteiger partial charge in [-0.25, -0.2) is 59.8 Å². The van der Waals surface area contributed by atoms with E-state index in [1.54, 1.807) is 57.5 Å².